The lowest BCUT2D eigenvalue weighted by Crippen LogP contribution is -1.78. The first-order valence-corrected chi connectivity index (χ1v) is 5.79. The normalized spacial score (nSPS) is 10.1. The minimum absolute atomic E-state index is 0.220. The predicted octanol–water partition coefficient (Wildman–Crippen LogP) is 4.09. The van der Waals surface area contributed by atoms with Crippen LogP contribution in [0.1, 0.15) is 11.1 Å². The highest BCUT2D eigenvalue weighted by Gasteiger charge is 1.87. The molecule has 0 aliphatic heterocycles. The molecule has 88 valence electrons. The molecule has 0 aromatic heterocycles. The van der Waals surface area contributed by atoms with Crippen LogP contribution in [-0.4, -0.2) is 0 Å². The Hall–Kier alpha value is -2.33. The average Bonchev–Trinajstić information content (AvgIpc) is 2.42. The maximum Gasteiger partial charge on any atom is 0.123 e. The van der Waals surface area contributed by atoms with Crippen molar-refractivity contribution >= 4 is 6.08 Å². The minimum Gasteiger partial charge on any atom is -0.207 e. The Morgan fingerprint density at radius 3 is 2.39 bits per heavy atom. The minimum atomic E-state index is -0.220. The van der Waals surface area contributed by atoms with Gasteiger partial charge in [-0.1, -0.05) is 54.3 Å². The van der Waals surface area contributed by atoms with Crippen molar-refractivity contribution in [2.24, 2.45) is 0 Å². The first kappa shape index (κ1) is 12.1. The number of hydrogen-bond donors (Lipinski definition) is 0. The number of halogens is 1. The molecule has 0 heterocycles. The molecule has 0 fully saturated rings. The number of allylic oxidation sites excluding steroid dienone is 1. The van der Waals surface area contributed by atoms with Crippen molar-refractivity contribution in [2.75, 3.05) is 0 Å². The zero-order chi connectivity index (χ0) is 12.6. The summed E-state index contributed by atoms with van der Waals surface area (Å²) in [5, 5.41) is 0. The van der Waals surface area contributed by atoms with Crippen LogP contribution in [0.3, 0.4) is 0 Å². The van der Waals surface area contributed by atoms with Crippen LogP contribution in [0.15, 0.2) is 60.7 Å². The topological polar surface area (TPSA) is 0 Å². The van der Waals surface area contributed by atoms with Gasteiger partial charge in [-0.05, 0) is 35.4 Å². The molecule has 0 aliphatic rings. The summed E-state index contributed by atoms with van der Waals surface area (Å²) in [5.41, 5.74) is 2.16. The third-order valence-corrected chi connectivity index (χ3v) is 2.47. The van der Waals surface area contributed by atoms with Gasteiger partial charge in [0.15, 0.2) is 0 Å². The molecule has 0 radical (unpaired) electrons. The van der Waals surface area contributed by atoms with E-state index < -0.39 is 0 Å². The molecule has 2 rings (SSSR count). The number of benzene rings is 2. The average molecular weight is 236 g/mol. The van der Waals surface area contributed by atoms with Crippen molar-refractivity contribution in [1.82, 2.24) is 0 Å². The second-order valence-corrected chi connectivity index (χ2v) is 3.87. The van der Waals surface area contributed by atoms with Gasteiger partial charge in [-0.2, -0.15) is 0 Å². The highest BCUT2D eigenvalue weighted by atomic mass is 19.1. The fourth-order valence-corrected chi connectivity index (χ4v) is 1.52. The molecule has 0 nitrogen and oxygen atoms in total. The molecule has 0 spiro atoms. The van der Waals surface area contributed by atoms with Crippen LogP contribution >= 0.6 is 0 Å². The zero-order valence-electron chi connectivity index (χ0n) is 9.94. The van der Waals surface area contributed by atoms with E-state index in [1.165, 1.54) is 17.7 Å². The Morgan fingerprint density at radius 2 is 1.67 bits per heavy atom. The van der Waals surface area contributed by atoms with Crippen molar-refractivity contribution in [3.05, 3.63) is 77.6 Å². The smallest absolute Gasteiger partial charge is 0.123 e. The van der Waals surface area contributed by atoms with E-state index in [4.69, 9.17) is 0 Å². The summed E-state index contributed by atoms with van der Waals surface area (Å²) in [7, 11) is 0. The van der Waals surface area contributed by atoms with Gasteiger partial charge < -0.3 is 0 Å². The van der Waals surface area contributed by atoms with Crippen molar-refractivity contribution in [2.45, 2.75) is 6.42 Å². The highest BCUT2D eigenvalue weighted by Crippen LogP contribution is 2.04. The van der Waals surface area contributed by atoms with Crippen molar-refractivity contribution in [1.29, 1.82) is 0 Å². The molecule has 0 unspecified atom stereocenters. The van der Waals surface area contributed by atoms with Crippen molar-refractivity contribution < 1.29 is 4.39 Å². The summed E-state index contributed by atoms with van der Waals surface area (Å²) in [4.78, 5) is 0. The Bertz CT molecular complexity index is 569. The van der Waals surface area contributed by atoms with E-state index in [1.807, 2.05) is 24.3 Å². The lowest BCUT2D eigenvalue weighted by Gasteiger charge is -1.91. The Labute approximate surface area is 107 Å². The zero-order valence-corrected chi connectivity index (χ0v) is 9.94. The lowest BCUT2D eigenvalue weighted by molar-refractivity contribution is 0.628. The van der Waals surface area contributed by atoms with Crippen molar-refractivity contribution in [3.8, 4) is 11.8 Å². The van der Waals surface area contributed by atoms with Gasteiger partial charge in [0, 0.05) is 6.42 Å². The van der Waals surface area contributed by atoms with Gasteiger partial charge in [-0.25, -0.2) is 4.39 Å². The standard InChI is InChI=1S/C17H13F/c18-17-13-11-16(12-14-17)10-6-2-5-9-15-7-3-1-4-8-15/h1,3-4,6-8,10-14H,9H2. The third kappa shape index (κ3) is 3.92. The van der Waals surface area contributed by atoms with Gasteiger partial charge >= 0.3 is 0 Å². The van der Waals surface area contributed by atoms with Crippen molar-refractivity contribution in [3.63, 3.8) is 0 Å². The second kappa shape index (κ2) is 6.42. The van der Waals surface area contributed by atoms with Crippen LogP contribution in [-0.2, 0) is 6.42 Å². The molecule has 1 heteroatoms. The first-order valence-electron chi connectivity index (χ1n) is 5.79. The molecule has 0 atom stereocenters. The quantitative estimate of drug-likeness (QED) is 0.689. The summed E-state index contributed by atoms with van der Waals surface area (Å²) in [5.74, 6) is 5.83. The van der Waals surface area contributed by atoms with E-state index >= 15 is 0 Å². The van der Waals surface area contributed by atoms with E-state index in [0.29, 0.717) is 0 Å². The van der Waals surface area contributed by atoms with Crippen LogP contribution < -0.4 is 0 Å². The van der Waals surface area contributed by atoms with E-state index in [2.05, 4.69) is 24.0 Å². The molecule has 2 aromatic rings. The van der Waals surface area contributed by atoms with E-state index in [0.717, 1.165) is 12.0 Å². The number of rotatable bonds is 2. The summed E-state index contributed by atoms with van der Waals surface area (Å²) in [6.07, 6.45) is 4.40. The molecule has 0 amide bonds. The summed E-state index contributed by atoms with van der Waals surface area (Å²) >= 11 is 0. The molecule has 0 N–H and O–H groups in total. The molecular formula is C17H13F. The predicted molar refractivity (Wildman–Crippen MR) is 73.4 cm³/mol. The number of hydrogen-bond acceptors (Lipinski definition) is 0. The molecule has 2 aromatic carbocycles. The maximum atomic E-state index is 12.7. The lowest BCUT2D eigenvalue weighted by atomic mass is 10.1. The molecule has 0 bridgehead atoms. The monoisotopic (exact) mass is 236 g/mol. The van der Waals surface area contributed by atoms with Gasteiger partial charge in [-0.3, -0.25) is 0 Å². The van der Waals surface area contributed by atoms with Gasteiger partial charge in [0.25, 0.3) is 0 Å². The molecule has 18 heavy (non-hydrogen) atoms. The highest BCUT2D eigenvalue weighted by molar-refractivity contribution is 5.52. The van der Waals surface area contributed by atoms with Crippen LogP contribution in [0.2, 0.25) is 0 Å². The van der Waals surface area contributed by atoms with Crippen LogP contribution in [0.5, 0.6) is 0 Å². The van der Waals surface area contributed by atoms with E-state index in [9.17, 15) is 4.39 Å². The second-order valence-electron chi connectivity index (χ2n) is 3.87. The molecule has 0 aliphatic carbocycles. The molecule has 0 saturated carbocycles. The van der Waals surface area contributed by atoms with Crippen LogP contribution in [0, 0.1) is 17.7 Å². The van der Waals surface area contributed by atoms with Crippen LogP contribution in [0.4, 0.5) is 4.39 Å². The Morgan fingerprint density at radius 1 is 0.944 bits per heavy atom. The third-order valence-electron chi connectivity index (χ3n) is 2.47. The first-order chi connectivity index (χ1) is 8.84. The Kier molecular flexibility index (Phi) is 4.33. The summed E-state index contributed by atoms with van der Waals surface area (Å²) in [6, 6.07) is 16.4. The van der Waals surface area contributed by atoms with Gasteiger partial charge in [0.1, 0.15) is 5.82 Å². The molecule has 0 saturated heterocycles. The molecular weight excluding hydrogens is 223 g/mol. The van der Waals surface area contributed by atoms with E-state index in [1.54, 1.807) is 18.2 Å². The summed E-state index contributed by atoms with van der Waals surface area (Å²) in [6.45, 7) is 0. The summed E-state index contributed by atoms with van der Waals surface area (Å²) < 4.78 is 12.7. The van der Waals surface area contributed by atoms with Crippen LogP contribution in [0.25, 0.3) is 6.08 Å². The Balaban J connectivity index is 1.90. The fraction of sp³-hybridized carbons (Fsp3) is 0.0588. The maximum absolute atomic E-state index is 12.7. The van der Waals surface area contributed by atoms with Gasteiger partial charge in [-0.15, -0.1) is 0 Å². The van der Waals surface area contributed by atoms with E-state index in [-0.39, 0.29) is 5.82 Å². The fourth-order valence-electron chi connectivity index (χ4n) is 1.52. The van der Waals surface area contributed by atoms with Gasteiger partial charge in [0.05, 0.1) is 0 Å². The van der Waals surface area contributed by atoms with Gasteiger partial charge in [0.2, 0.25) is 0 Å². The largest absolute Gasteiger partial charge is 0.207 e. The SMILES string of the molecule is Fc1ccc(C=CC#CCc2ccccc2)cc1.